The number of aliphatic hydroxyl groups excluding tert-OH is 1. The maximum absolute atomic E-state index is 9.53. The van der Waals surface area contributed by atoms with Gasteiger partial charge in [-0.3, -0.25) is 0 Å². The summed E-state index contributed by atoms with van der Waals surface area (Å²) in [6.45, 7) is 6.34. The van der Waals surface area contributed by atoms with Crippen LogP contribution in [0.5, 0.6) is 0 Å². The number of aliphatic hydroxyl groups is 1. The second kappa shape index (κ2) is 7.37. The number of nitrogens with one attached hydrogen (secondary N) is 1. The topological polar surface area (TPSA) is 70.9 Å². The molecule has 1 aliphatic rings. The number of hydrogen-bond donors (Lipinski definition) is 2. The third-order valence-corrected chi connectivity index (χ3v) is 6.08. The van der Waals surface area contributed by atoms with E-state index in [2.05, 4.69) is 59.2 Å². The molecule has 0 atom stereocenters. The SMILES string of the molecule is Cc1cc(Nc2nccc(C(C)C)n2)cc(-c2cnc(C3CC(O)C3)s2)c1. The van der Waals surface area contributed by atoms with Crippen LogP contribution in [-0.2, 0) is 0 Å². The fraction of sp³-hybridized carbons (Fsp3) is 0.381. The average molecular weight is 381 g/mol. The fourth-order valence-corrected chi connectivity index (χ4v) is 4.31. The van der Waals surface area contributed by atoms with Crippen molar-refractivity contribution in [1.82, 2.24) is 15.0 Å². The highest BCUT2D eigenvalue weighted by molar-refractivity contribution is 7.15. The second-order valence-corrected chi connectivity index (χ2v) is 8.62. The third kappa shape index (κ3) is 4.01. The smallest absolute Gasteiger partial charge is 0.227 e. The molecule has 4 rings (SSSR count). The van der Waals surface area contributed by atoms with Crippen molar-refractivity contribution in [2.75, 3.05) is 5.32 Å². The number of aryl methyl sites for hydroxylation is 1. The van der Waals surface area contributed by atoms with Crippen molar-refractivity contribution in [3.05, 3.63) is 52.9 Å². The summed E-state index contributed by atoms with van der Waals surface area (Å²) in [5.41, 5.74) is 4.31. The Morgan fingerprint density at radius 2 is 2.00 bits per heavy atom. The Morgan fingerprint density at radius 1 is 1.19 bits per heavy atom. The molecule has 2 aromatic heterocycles. The first-order chi connectivity index (χ1) is 13.0. The van der Waals surface area contributed by atoms with E-state index in [4.69, 9.17) is 0 Å². The molecule has 3 aromatic rings. The monoisotopic (exact) mass is 380 g/mol. The molecular weight excluding hydrogens is 356 g/mol. The molecule has 1 saturated carbocycles. The molecule has 1 fully saturated rings. The average Bonchev–Trinajstić information content (AvgIpc) is 3.08. The van der Waals surface area contributed by atoms with Gasteiger partial charge >= 0.3 is 0 Å². The molecule has 2 N–H and O–H groups in total. The highest BCUT2D eigenvalue weighted by Gasteiger charge is 2.30. The summed E-state index contributed by atoms with van der Waals surface area (Å²) in [5, 5.41) is 14.0. The lowest BCUT2D eigenvalue weighted by Gasteiger charge is -2.29. The van der Waals surface area contributed by atoms with Gasteiger partial charge in [0.15, 0.2) is 0 Å². The zero-order chi connectivity index (χ0) is 19.0. The normalized spacial score (nSPS) is 19.1. The highest BCUT2D eigenvalue weighted by Crippen LogP contribution is 2.41. The third-order valence-electron chi connectivity index (χ3n) is 4.87. The Bertz CT molecular complexity index is 947. The van der Waals surface area contributed by atoms with Crippen LogP contribution in [0.3, 0.4) is 0 Å². The van der Waals surface area contributed by atoms with Crippen LogP contribution in [0, 0.1) is 6.92 Å². The first-order valence-electron chi connectivity index (χ1n) is 9.34. The maximum atomic E-state index is 9.53. The van der Waals surface area contributed by atoms with Crippen LogP contribution in [0.15, 0.2) is 36.7 Å². The first kappa shape index (κ1) is 18.1. The molecule has 140 valence electrons. The highest BCUT2D eigenvalue weighted by atomic mass is 32.1. The van der Waals surface area contributed by atoms with Crippen molar-refractivity contribution in [1.29, 1.82) is 0 Å². The summed E-state index contributed by atoms with van der Waals surface area (Å²) < 4.78 is 0. The van der Waals surface area contributed by atoms with Gasteiger partial charge in [0, 0.05) is 29.7 Å². The molecule has 0 amide bonds. The van der Waals surface area contributed by atoms with Crippen LogP contribution in [0.2, 0.25) is 0 Å². The second-order valence-electron chi connectivity index (χ2n) is 7.56. The van der Waals surface area contributed by atoms with Gasteiger partial charge in [-0.2, -0.15) is 0 Å². The Kier molecular flexibility index (Phi) is 4.93. The molecule has 0 saturated heterocycles. The van der Waals surface area contributed by atoms with Gasteiger partial charge < -0.3 is 10.4 Å². The quantitative estimate of drug-likeness (QED) is 0.651. The van der Waals surface area contributed by atoms with E-state index in [9.17, 15) is 5.11 Å². The van der Waals surface area contributed by atoms with Gasteiger partial charge in [-0.15, -0.1) is 11.3 Å². The standard InChI is InChI=1S/C21H24N4OS/c1-12(2)18-4-5-22-21(25-18)24-16-7-13(3)6-14(8-16)19-11-23-20(27-19)15-9-17(26)10-15/h4-8,11-12,15,17,26H,9-10H2,1-3H3,(H,22,24,25). The van der Waals surface area contributed by atoms with Crippen molar-refractivity contribution in [2.45, 2.75) is 51.6 Å². The van der Waals surface area contributed by atoms with Crippen molar-refractivity contribution in [3.8, 4) is 10.4 Å². The van der Waals surface area contributed by atoms with E-state index in [0.29, 0.717) is 17.8 Å². The Balaban J connectivity index is 1.57. The van der Waals surface area contributed by atoms with Gasteiger partial charge in [-0.05, 0) is 55.0 Å². The summed E-state index contributed by atoms with van der Waals surface area (Å²) >= 11 is 1.72. The van der Waals surface area contributed by atoms with Crippen LogP contribution in [-0.4, -0.2) is 26.2 Å². The molecule has 0 aliphatic heterocycles. The number of rotatable bonds is 5. The van der Waals surface area contributed by atoms with Crippen LogP contribution in [0.4, 0.5) is 11.6 Å². The van der Waals surface area contributed by atoms with Gasteiger partial charge in [-0.25, -0.2) is 15.0 Å². The number of hydrogen-bond acceptors (Lipinski definition) is 6. The maximum Gasteiger partial charge on any atom is 0.227 e. The van der Waals surface area contributed by atoms with E-state index in [1.54, 1.807) is 17.5 Å². The fourth-order valence-electron chi connectivity index (χ4n) is 3.28. The van der Waals surface area contributed by atoms with Crippen LogP contribution in [0.25, 0.3) is 10.4 Å². The van der Waals surface area contributed by atoms with Crippen molar-refractivity contribution < 1.29 is 5.11 Å². The summed E-state index contributed by atoms with van der Waals surface area (Å²) in [6.07, 6.45) is 5.25. The van der Waals surface area contributed by atoms with E-state index in [-0.39, 0.29) is 6.10 Å². The van der Waals surface area contributed by atoms with Crippen LogP contribution >= 0.6 is 11.3 Å². The zero-order valence-electron chi connectivity index (χ0n) is 15.8. The molecule has 5 nitrogen and oxygen atoms in total. The summed E-state index contributed by atoms with van der Waals surface area (Å²) in [4.78, 5) is 14.7. The minimum atomic E-state index is -0.154. The number of anilines is 2. The molecular formula is C21H24N4OS. The number of benzene rings is 1. The predicted molar refractivity (Wildman–Crippen MR) is 110 cm³/mol. The van der Waals surface area contributed by atoms with Gasteiger partial charge in [-0.1, -0.05) is 19.9 Å². The van der Waals surface area contributed by atoms with E-state index < -0.39 is 0 Å². The molecule has 0 spiro atoms. The van der Waals surface area contributed by atoms with Crippen molar-refractivity contribution in [2.24, 2.45) is 0 Å². The van der Waals surface area contributed by atoms with Gasteiger partial charge in [0.05, 0.1) is 16.0 Å². The van der Waals surface area contributed by atoms with Gasteiger partial charge in [0.1, 0.15) is 0 Å². The molecule has 6 heteroatoms. The van der Waals surface area contributed by atoms with E-state index >= 15 is 0 Å². The van der Waals surface area contributed by atoms with Crippen molar-refractivity contribution >= 4 is 23.0 Å². The predicted octanol–water partition coefficient (Wildman–Crippen LogP) is 5.01. The van der Waals surface area contributed by atoms with E-state index in [1.807, 2.05) is 12.3 Å². The Morgan fingerprint density at radius 3 is 2.74 bits per heavy atom. The number of aromatic nitrogens is 3. The van der Waals surface area contributed by atoms with Gasteiger partial charge in [0.25, 0.3) is 0 Å². The molecule has 1 aromatic carbocycles. The molecule has 0 unspecified atom stereocenters. The van der Waals surface area contributed by atoms with Crippen LogP contribution < -0.4 is 5.32 Å². The number of thiazole rings is 1. The lowest BCUT2D eigenvalue weighted by Crippen LogP contribution is -2.26. The molecule has 27 heavy (non-hydrogen) atoms. The summed E-state index contributed by atoms with van der Waals surface area (Å²) in [7, 11) is 0. The Labute approximate surface area is 163 Å². The van der Waals surface area contributed by atoms with Crippen LogP contribution in [0.1, 0.15) is 54.8 Å². The Hall–Kier alpha value is -2.31. The minimum Gasteiger partial charge on any atom is -0.393 e. The lowest BCUT2D eigenvalue weighted by atomic mass is 9.83. The zero-order valence-corrected chi connectivity index (χ0v) is 16.6. The molecule has 0 bridgehead atoms. The molecule has 0 radical (unpaired) electrons. The summed E-state index contributed by atoms with van der Waals surface area (Å²) in [5.74, 6) is 1.39. The largest absolute Gasteiger partial charge is 0.393 e. The molecule has 2 heterocycles. The molecule has 1 aliphatic carbocycles. The summed E-state index contributed by atoms with van der Waals surface area (Å²) in [6, 6.07) is 8.34. The number of nitrogens with zero attached hydrogens (tertiary/aromatic N) is 3. The van der Waals surface area contributed by atoms with Gasteiger partial charge in [0.2, 0.25) is 5.95 Å². The van der Waals surface area contributed by atoms with E-state index in [0.717, 1.165) is 39.7 Å². The van der Waals surface area contributed by atoms with E-state index in [1.165, 1.54) is 5.56 Å². The lowest BCUT2D eigenvalue weighted by molar-refractivity contribution is 0.0745. The minimum absolute atomic E-state index is 0.154. The van der Waals surface area contributed by atoms with Crippen molar-refractivity contribution in [3.63, 3.8) is 0 Å². The first-order valence-corrected chi connectivity index (χ1v) is 10.2.